The van der Waals surface area contributed by atoms with E-state index < -0.39 is 41.0 Å². The quantitative estimate of drug-likeness (QED) is 0.269. The number of nitrogens with one attached hydrogen (secondary N) is 1. The maximum atomic E-state index is 13.6. The van der Waals surface area contributed by atoms with E-state index in [9.17, 15) is 31.1 Å². The van der Waals surface area contributed by atoms with Gasteiger partial charge in [-0.2, -0.15) is 26.3 Å². The average molecular weight is 674 g/mol. The molecule has 0 spiro atoms. The highest BCUT2D eigenvalue weighted by Gasteiger charge is 2.39. The number of aryl methyl sites for hydroxylation is 2. The van der Waals surface area contributed by atoms with Crippen LogP contribution in [0.1, 0.15) is 51.0 Å². The predicted molar refractivity (Wildman–Crippen MR) is 161 cm³/mol. The number of rotatable bonds is 8. The molecule has 1 atom stereocenters. The number of piperazine rings is 1. The summed E-state index contributed by atoms with van der Waals surface area (Å²) in [6, 6.07) is 6.61. The standard InChI is InChI=1S/C30H38F6N4O2.2ClH/c1-21-5-6-23(15-22(21)2)16-27-20-38(8-3-7-37-39-9-4-13-42-14-12-39)10-11-40(27)28(41)24-17-25(29(31,32)33)19-26(18-24)30(34,35)36;;/h5-6,15,17-19,27,37H,3-4,7-14,16,20H2,1-2H3;2*1H/t27-;;/m1../s1. The van der Waals surface area contributed by atoms with E-state index >= 15 is 0 Å². The van der Waals surface area contributed by atoms with E-state index in [1.807, 2.05) is 32.0 Å². The monoisotopic (exact) mass is 672 g/mol. The van der Waals surface area contributed by atoms with Crippen LogP contribution in [0.4, 0.5) is 26.3 Å². The number of alkyl halides is 6. The van der Waals surface area contributed by atoms with Crippen LogP contribution in [-0.4, -0.2) is 85.8 Å². The zero-order valence-electron chi connectivity index (χ0n) is 24.8. The summed E-state index contributed by atoms with van der Waals surface area (Å²) in [6.45, 7) is 9.73. The first-order valence-electron chi connectivity index (χ1n) is 14.3. The van der Waals surface area contributed by atoms with Gasteiger partial charge < -0.3 is 9.64 Å². The fourth-order valence-corrected chi connectivity index (χ4v) is 5.46. The Kier molecular flexibility index (Phi) is 14.3. The van der Waals surface area contributed by atoms with Gasteiger partial charge in [0.05, 0.1) is 17.7 Å². The molecule has 1 N–H and O–H groups in total. The average Bonchev–Trinajstić information content (AvgIpc) is 3.21. The molecule has 0 aliphatic carbocycles. The molecule has 2 aromatic carbocycles. The number of carbonyl (C=O) groups is 1. The highest BCUT2D eigenvalue weighted by Crippen LogP contribution is 2.37. The van der Waals surface area contributed by atoms with Gasteiger partial charge in [-0.15, -0.1) is 24.8 Å². The highest BCUT2D eigenvalue weighted by molar-refractivity contribution is 5.95. The largest absolute Gasteiger partial charge is 0.416 e. The van der Waals surface area contributed by atoms with Crippen LogP contribution in [0.25, 0.3) is 0 Å². The van der Waals surface area contributed by atoms with Crippen molar-refractivity contribution >= 4 is 30.7 Å². The molecule has 14 heteroatoms. The molecule has 6 nitrogen and oxygen atoms in total. The van der Waals surface area contributed by atoms with E-state index in [-0.39, 0.29) is 37.4 Å². The maximum absolute atomic E-state index is 13.6. The van der Waals surface area contributed by atoms with Gasteiger partial charge in [-0.05, 0) is 74.5 Å². The third-order valence-corrected chi connectivity index (χ3v) is 7.91. The molecule has 2 heterocycles. The predicted octanol–water partition coefficient (Wildman–Crippen LogP) is 6.17. The third kappa shape index (κ3) is 10.5. The van der Waals surface area contributed by atoms with Crippen molar-refractivity contribution < 1.29 is 35.9 Å². The summed E-state index contributed by atoms with van der Waals surface area (Å²) in [6.07, 6.45) is -7.82. The van der Waals surface area contributed by atoms with Gasteiger partial charge in [-0.3, -0.25) is 15.1 Å². The summed E-state index contributed by atoms with van der Waals surface area (Å²) in [4.78, 5) is 17.2. The van der Waals surface area contributed by atoms with Gasteiger partial charge in [0.2, 0.25) is 0 Å². The Bertz CT molecular complexity index is 1190. The van der Waals surface area contributed by atoms with Crippen LogP contribution < -0.4 is 5.43 Å². The topological polar surface area (TPSA) is 48.0 Å². The van der Waals surface area contributed by atoms with E-state index in [1.54, 1.807) is 0 Å². The fourth-order valence-electron chi connectivity index (χ4n) is 5.46. The first-order valence-corrected chi connectivity index (χ1v) is 14.3. The minimum atomic E-state index is -5.03. The van der Waals surface area contributed by atoms with Crippen LogP contribution in [0.5, 0.6) is 0 Å². The van der Waals surface area contributed by atoms with Gasteiger partial charge in [0.1, 0.15) is 0 Å². The lowest BCUT2D eigenvalue weighted by atomic mass is 9.97. The summed E-state index contributed by atoms with van der Waals surface area (Å²) >= 11 is 0. The van der Waals surface area contributed by atoms with Gasteiger partial charge in [0.25, 0.3) is 5.91 Å². The Balaban J connectivity index is 0.00000337. The first kappa shape index (κ1) is 38.1. The van der Waals surface area contributed by atoms with Gasteiger partial charge in [0, 0.05) is 57.5 Å². The minimum absolute atomic E-state index is 0. The lowest BCUT2D eigenvalue weighted by Crippen LogP contribution is -2.56. The van der Waals surface area contributed by atoms with Crippen molar-refractivity contribution in [3.8, 4) is 0 Å². The molecule has 2 aromatic rings. The molecule has 2 aliphatic heterocycles. The van der Waals surface area contributed by atoms with Gasteiger partial charge in [0.15, 0.2) is 0 Å². The summed E-state index contributed by atoms with van der Waals surface area (Å²) in [5, 5.41) is 2.15. The molecule has 0 unspecified atom stereocenters. The Labute approximate surface area is 266 Å². The number of hydrogen-bond donors (Lipinski definition) is 1. The molecule has 44 heavy (non-hydrogen) atoms. The second-order valence-electron chi connectivity index (χ2n) is 11.1. The fraction of sp³-hybridized carbons (Fsp3) is 0.567. The molecule has 2 aliphatic rings. The van der Waals surface area contributed by atoms with Crippen molar-refractivity contribution in [1.29, 1.82) is 0 Å². The number of benzene rings is 2. The Morgan fingerprint density at radius 3 is 2.20 bits per heavy atom. The van der Waals surface area contributed by atoms with Crippen LogP contribution in [-0.2, 0) is 23.5 Å². The van der Waals surface area contributed by atoms with Crippen LogP contribution in [0.2, 0.25) is 0 Å². The molecule has 2 fully saturated rings. The van der Waals surface area contributed by atoms with Crippen LogP contribution in [0, 0.1) is 13.8 Å². The van der Waals surface area contributed by atoms with Crippen LogP contribution in [0.3, 0.4) is 0 Å². The van der Waals surface area contributed by atoms with Crippen molar-refractivity contribution in [1.82, 2.24) is 20.2 Å². The maximum Gasteiger partial charge on any atom is 0.416 e. The first-order chi connectivity index (χ1) is 19.8. The summed E-state index contributed by atoms with van der Waals surface area (Å²) in [5.74, 6) is -0.829. The summed E-state index contributed by atoms with van der Waals surface area (Å²) in [7, 11) is 0. The molecular formula is C30H40Cl2F6N4O2. The van der Waals surface area contributed by atoms with Crippen molar-refractivity contribution in [2.24, 2.45) is 0 Å². The normalized spacial score (nSPS) is 18.7. The summed E-state index contributed by atoms with van der Waals surface area (Å²) < 4.78 is 86.5. The second-order valence-corrected chi connectivity index (χ2v) is 11.1. The molecular weight excluding hydrogens is 633 g/mol. The number of nitrogens with zero attached hydrogens (tertiary/aromatic N) is 3. The molecule has 1 amide bonds. The zero-order chi connectivity index (χ0) is 30.5. The number of carbonyl (C=O) groups excluding carboxylic acids is 1. The molecule has 0 aromatic heterocycles. The van der Waals surface area contributed by atoms with Crippen LogP contribution >= 0.6 is 24.8 Å². The van der Waals surface area contributed by atoms with E-state index in [0.29, 0.717) is 38.2 Å². The molecule has 0 saturated carbocycles. The van der Waals surface area contributed by atoms with Crippen LogP contribution in [0.15, 0.2) is 36.4 Å². The number of ether oxygens (including phenoxy) is 1. The molecule has 0 radical (unpaired) electrons. The second kappa shape index (κ2) is 16.5. The minimum Gasteiger partial charge on any atom is -0.380 e. The van der Waals surface area contributed by atoms with E-state index in [1.165, 1.54) is 4.90 Å². The molecule has 248 valence electrons. The summed E-state index contributed by atoms with van der Waals surface area (Å²) in [5.41, 5.74) is 2.95. The lowest BCUT2D eigenvalue weighted by Gasteiger charge is -2.42. The molecule has 4 rings (SSSR count). The zero-order valence-corrected chi connectivity index (χ0v) is 26.4. The number of halogens is 8. The molecule has 2 saturated heterocycles. The Hall–Kier alpha value is -2.09. The number of hydrazine groups is 1. The Morgan fingerprint density at radius 1 is 0.886 bits per heavy atom. The van der Waals surface area contributed by atoms with Crippen molar-refractivity contribution in [3.63, 3.8) is 0 Å². The van der Waals surface area contributed by atoms with E-state index in [0.717, 1.165) is 62.3 Å². The third-order valence-electron chi connectivity index (χ3n) is 7.91. The lowest BCUT2D eigenvalue weighted by molar-refractivity contribution is -0.143. The van der Waals surface area contributed by atoms with Gasteiger partial charge >= 0.3 is 12.4 Å². The van der Waals surface area contributed by atoms with Crippen molar-refractivity contribution in [2.75, 3.05) is 59.0 Å². The van der Waals surface area contributed by atoms with Crippen molar-refractivity contribution in [3.05, 3.63) is 69.8 Å². The smallest absolute Gasteiger partial charge is 0.380 e. The van der Waals surface area contributed by atoms with E-state index in [4.69, 9.17) is 4.74 Å². The van der Waals surface area contributed by atoms with Gasteiger partial charge in [-0.25, -0.2) is 5.01 Å². The number of hydrogen-bond acceptors (Lipinski definition) is 5. The highest BCUT2D eigenvalue weighted by atomic mass is 35.5. The van der Waals surface area contributed by atoms with Gasteiger partial charge in [-0.1, -0.05) is 18.2 Å². The molecule has 0 bridgehead atoms. The Morgan fingerprint density at radius 2 is 1.57 bits per heavy atom. The van der Waals surface area contributed by atoms with E-state index in [2.05, 4.69) is 15.3 Å². The van der Waals surface area contributed by atoms with Crippen molar-refractivity contribution in [2.45, 2.75) is 51.5 Å². The number of amides is 1. The SMILES string of the molecule is Cc1ccc(C[C@@H]2CN(CCCNN3CCCOCC3)CCN2C(=O)c2cc(C(F)(F)F)cc(C(F)(F)F)c2)cc1C.Cl.Cl.